The number of alkyl halides is 3. The van der Waals surface area contributed by atoms with Crippen molar-refractivity contribution in [1.82, 2.24) is 10.2 Å². The first kappa shape index (κ1) is 22.0. The van der Waals surface area contributed by atoms with Crippen molar-refractivity contribution in [3.63, 3.8) is 0 Å². The molecule has 1 saturated heterocycles. The van der Waals surface area contributed by atoms with Crippen LogP contribution in [0.1, 0.15) is 30.5 Å². The quantitative estimate of drug-likeness (QED) is 0.759. The van der Waals surface area contributed by atoms with Crippen LogP contribution in [0.3, 0.4) is 0 Å². The van der Waals surface area contributed by atoms with E-state index in [4.69, 9.17) is 0 Å². The molecule has 1 aromatic carbocycles. The highest BCUT2D eigenvalue weighted by Gasteiger charge is 2.32. The lowest BCUT2D eigenvalue weighted by Crippen LogP contribution is -2.45. The molecule has 22 heavy (non-hydrogen) atoms. The molecule has 2 rings (SSSR count). The van der Waals surface area contributed by atoms with Gasteiger partial charge in [-0.3, -0.25) is 4.90 Å². The third-order valence-corrected chi connectivity index (χ3v) is 4.38. The molecule has 0 amide bonds. The normalized spacial score (nSPS) is 17.3. The van der Waals surface area contributed by atoms with Crippen molar-refractivity contribution in [1.29, 1.82) is 0 Å². The molecule has 1 aromatic rings. The maximum absolute atomic E-state index is 12.9. The number of rotatable bonds is 3. The molecule has 0 aromatic heterocycles. The fraction of sp³-hybridized carbons (Fsp3) is 0.571. The number of benzene rings is 1. The van der Waals surface area contributed by atoms with Crippen LogP contribution in [0.25, 0.3) is 0 Å². The highest BCUT2D eigenvalue weighted by atomic mass is 79.9. The average molecular weight is 424 g/mol. The molecule has 0 radical (unpaired) electrons. The van der Waals surface area contributed by atoms with Gasteiger partial charge >= 0.3 is 6.18 Å². The van der Waals surface area contributed by atoms with Crippen LogP contribution in [0, 0.1) is 0 Å². The van der Waals surface area contributed by atoms with Gasteiger partial charge in [0.15, 0.2) is 0 Å². The van der Waals surface area contributed by atoms with E-state index in [0.717, 1.165) is 48.7 Å². The molecule has 1 fully saturated rings. The van der Waals surface area contributed by atoms with Crippen molar-refractivity contribution >= 4 is 40.7 Å². The summed E-state index contributed by atoms with van der Waals surface area (Å²) in [6.07, 6.45) is -3.50. The fourth-order valence-electron chi connectivity index (χ4n) is 2.64. The molecule has 8 heteroatoms. The minimum Gasteiger partial charge on any atom is -0.314 e. The summed E-state index contributed by atoms with van der Waals surface area (Å²) in [7, 11) is 0. The van der Waals surface area contributed by atoms with Crippen LogP contribution in [-0.4, -0.2) is 31.1 Å². The van der Waals surface area contributed by atoms with E-state index >= 15 is 0 Å². The standard InChI is InChI=1S/C14H18BrF3N2.2ClH/c1-2-13(20-7-5-19-6-8-20)11-9-10(14(16,17)18)3-4-12(11)15;;/h3-4,9,13,19H,2,5-8H2,1H3;2*1H/t13-;;/m1../s1. The number of piperazine rings is 1. The molecule has 0 unspecified atom stereocenters. The maximum Gasteiger partial charge on any atom is 0.416 e. The summed E-state index contributed by atoms with van der Waals surface area (Å²) in [4.78, 5) is 2.25. The molecule has 1 heterocycles. The average Bonchev–Trinajstić information content (AvgIpc) is 2.41. The lowest BCUT2D eigenvalue weighted by atomic mass is 9.99. The number of nitrogens with one attached hydrogen (secondary N) is 1. The van der Waals surface area contributed by atoms with Gasteiger partial charge < -0.3 is 5.32 Å². The first-order valence-corrected chi connectivity index (χ1v) is 7.54. The Morgan fingerprint density at radius 1 is 1.23 bits per heavy atom. The first-order valence-electron chi connectivity index (χ1n) is 6.75. The number of halogens is 6. The molecule has 0 saturated carbocycles. The van der Waals surface area contributed by atoms with E-state index in [2.05, 4.69) is 26.1 Å². The summed E-state index contributed by atoms with van der Waals surface area (Å²) >= 11 is 3.40. The Morgan fingerprint density at radius 2 is 1.82 bits per heavy atom. The Balaban J connectivity index is 0.00000220. The Hall–Kier alpha value is -0.0100. The number of nitrogens with zero attached hydrogens (tertiary/aromatic N) is 1. The second-order valence-corrected chi connectivity index (χ2v) is 5.80. The van der Waals surface area contributed by atoms with Crippen molar-refractivity contribution in [3.05, 3.63) is 33.8 Å². The van der Waals surface area contributed by atoms with Gasteiger partial charge in [-0.1, -0.05) is 22.9 Å². The molecule has 128 valence electrons. The Labute approximate surface area is 149 Å². The minimum atomic E-state index is -4.29. The van der Waals surface area contributed by atoms with Gasteiger partial charge in [0.05, 0.1) is 5.56 Å². The zero-order valence-electron chi connectivity index (χ0n) is 12.1. The molecule has 0 aliphatic carbocycles. The van der Waals surface area contributed by atoms with E-state index in [1.165, 1.54) is 12.1 Å². The largest absolute Gasteiger partial charge is 0.416 e. The summed E-state index contributed by atoms with van der Waals surface area (Å²) in [6.45, 7) is 5.50. The van der Waals surface area contributed by atoms with Crippen molar-refractivity contribution in [2.45, 2.75) is 25.6 Å². The lowest BCUT2D eigenvalue weighted by Gasteiger charge is -2.35. The first-order chi connectivity index (χ1) is 9.43. The highest BCUT2D eigenvalue weighted by Crippen LogP contribution is 2.36. The predicted octanol–water partition coefficient (Wildman–Crippen LogP) is 4.67. The van der Waals surface area contributed by atoms with Gasteiger partial charge in [0, 0.05) is 36.7 Å². The van der Waals surface area contributed by atoms with E-state index in [9.17, 15) is 13.2 Å². The summed E-state index contributed by atoms with van der Waals surface area (Å²) in [5, 5.41) is 3.26. The summed E-state index contributed by atoms with van der Waals surface area (Å²) < 4.78 is 39.4. The van der Waals surface area contributed by atoms with Gasteiger partial charge in [0.25, 0.3) is 0 Å². The zero-order valence-corrected chi connectivity index (χ0v) is 15.3. The molecule has 1 atom stereocenters. The van der Waals surface area contributed by atoms with Crippen molar-refractivity contribution < 1.29 is 13.2 Å². The van der Waals surface area contributed by atoms with Crippen LogP contribution in [-0.2, 0) is 6.18 Å². The van der Waals surface area contributed by atoms with Gasteiger partial charge in [-0.15, -0.1) is 24.8 Å². The van der Waals surface area contributed by atoms with Crippen LogP contribution >= 0.6 is 40.7 Å². The SMILES string of the molecule is CC[C@H](c1cc(C(F)(F)F)ccc1Br)N1CCNCC1.Cl.Cl. The molecule has 0 bridgehead atoms. The summed E-state index contributed by atoms with van der Waals surface area (Å²) in [6, 6.07) is 3.93. The maximum atomic E-state index is 12.9. The van der Waals surface area contributed by atoms with E-state index in [1.54, 1.807) is 0 Å². The zero-order chi connectivity index (χ0) is 14.8. The summed E-state index contributed by atoms with van der Waals surface area (Å²) in [5.74, 6) is 0. The van der Waals surface area contributed by atoms with Crippen molar-refractivity contribution in [2.75, 3.05) is 26.2 Å². The third kappa shape index (κ3) is 5.27. The van der Waals surface area contributed by atoms with Gasteiger partial charge in [-0.2, -0.15) is 13.2 Å². The lowest BCUT2D eigenvalue weighted by molar-refractivity contribution is -0.137. The molecule has 2 nitrogen and oxygen atoms in total. The Kier molecular flexibility index (Phi) is 9.32. The van der Waals surface area contributed by atoms with Gasteiger partial charge in [0.2, 0.25) is 0 Å². The second-order valence-electron chi connectivity index (χ2n) is 4.94. The molecular weight excluding hydrogens is 404 g/mol. The number of hydrogen-bond donors (Lipinski definition) is 1. The molecule has 1 N–H and O–H groups in total. The Morgan fingerprint density at radius 3 is 2.32 bits per heavy atom. The molecular formula is C14H20BrCl2F3N2. The van der Waals surface area contributed by atoms with Crippen LogP contribution in [0.2, 0.25) is 0 Å². The van der Waals surface area contributed by atoms with Crippen molar-refractivity contribution in [2.24, 2.45) is 0 Å². The van der Waals surface area contributed by atoms with Crippen LogP contribution in [0.5, 0.6) is 0 Å². The molecule has 1 aliphatic heterocycles. The van der Waals surface area contributed by atoms with Gasteiger partial charge in [0.1, 0.15) is 0 Å². The molecule has 1 aliphatic rings. The summed E-state index contributed by atoms with van der Waals surface area (Å²) in [5.41, 5.74) is 0.147. The minimum absolute atomic E-state index is 0. The van der Waals surface area contributed by atoms with Crippen LogP contribution in [0.4, 0.5) is 13.2 Å². The van der Waals surface area contributed by atoms with E-state index in [0.29, 0.717) is 0 Å². The van der Waals surface area contributed by atoms with E-state index in [1.807, 2.05) is 6.92 Å². The van der Waals surface area contributed by atoms with Gasteiger partial charge in [-0.05, 0) is 30.2 Å². The number of hydrogen-bond acceptors (Lipinski definition) is 2. The molecule has 0 spiro atoms. The fourth-order valence-corrected chi connectivity index (χ4v) is 3.15. The van der Waals surface area contributed by atoms with Crippen molar-refractivity contribution in [3.8, 4) is 0 Å². The second kappa shape index (κ2) is 9.33. The Bertz CT molecular complexity index is 466. The highest BCUT2D eigenvalue weighted by molar-refractivity contribution is 9.10. The smallest absolute Gasteiger partial charge is 0.314 e. The van der Waals surface area contributed by atoms with E-state index < -0.39 is 11.7 Å². The monoisotopic (exact) mass is 422 g/mol. The third-order valence-electron chi connectivity index (χ3n) is 3.66. The predicted molar refractivity (Wildman–Crippen MR) is 91.1 cm³/mol. The van der Waals surface area contributed by atoms with Crippen LogP contribution in [0.15, 0.2) is 22.7 Å². The van der Waals surface area contributed by atoms with Gasteiger partial charge in [-0.25, -0.2) is 0 Å². The topological polar surface area (TPSA) is 15.3 Å². The van der Waals surface area contributed by atoms with E-state index in [-0.39, 0.29) is 30.9 Å². The van der Waals surface area contributed by atoms with Crippen LogP contribution < -0.4 is 5.32 Å².